The van der Waals surface area contributed by atoms with Gasteiger partial charge in [-0.1, -0.05) is 6.07 Å². The fourth-order valence-electron chi connectivity index (χ4n) is 5.54. The predicted octanol–water partition coefficient (Wildman–Crippen LogP) is 2.85. The van der Waals surface area contributed by atoms with Gasteiger partial charge in [-0.25, -0.2) is 9.59 Å². The number of anilines is 2. The summed E-state index contributed by atoms with van der Waals surface area (Å²) in [6.45, 7) is -0.0797. The molecule has 24 nitrogen and oxygen atoms in total. The first-order valence-corrected chi connectivity index (χ1v) is 20.6. The van der Waals surface area contributed by atoms with E-state index in [0.29, 0.717) is 5.56 Å². The molecule has 68 heavy (non-hydrogen) atoms. The molecule has 0 spiro atoms. The van der Waals surface area contributed by atoms with Crippen molar-refractivity contribution in [2.45, 2.75) is 34.6 Å². The summed E-state index contributed by atoms with van der Waals surface area (Å²) in [5.41, 5.74) is -0.167. The molecule has 364 valence electrons. The van der Waals surface area contributed by atoms with Crippen molar-refractivity contribution in [1.82, 2.24) is 0 Å². The largest absolute Gasteiger partial charge is 0.488 e. The molecule has 0 radical (unpaired) electrons. The van der Waals surface area contributed by atoms with E-state index in [0.717, 1.165) is 43.9 Å². The van der Waals surface area contributed by atoms with Crippen LogP contribution in [0.4, 0.5) is 11.4 Å². The Labute approximate surface area is 388 Å². The maximum atomic E-state index is 13.3. The molecule has 0 amide bonds. The van der Waals surface area contributed by atoms with Gasteiger partial charge in [-0.2, -0.15) is 0 Å². The number of carbonyl (C=O) groups excluding carboxylic acids is 8. The van der Waals surface area contributed by atoms with Crippen molar-refractivity contribution in [2.75, 3.05) is 76.4 Å². The molecule has 4 aromatic rings. The van der Waals surface area contributed by atoms with E-state index < -0.39 is 113 Å². The molecule has 2 aromatic carbocycles. The number of aryl methyl sites for hydroxylation is 1. The van der Waals surface area contributed by atoms with Crippen molar-refractivity contribution >= 4 is 87.4 Å². The standard InChI is InChI=1S/C43H44N2O22S/c1-24-6-7-31(44(16-38(50)63-20-59-25(2)46)17-39(51)64-21-60-26(3)47)34(12-24)57-10-11-58-35-14-29-13-30(36-8-9-37(68-36)42(54)55)43(56)67-33(29)15-32(35)45(18-40(52)65-22-61-27(4)48)19-41(53)66-23-62-28(5)49/h6-9,12-15H,10-11,16-23H2,1-5H3,(H,54,55). The van der Waals surface area contributed by atoms with E-state index in [1.165, 1.54) is 41.3 Å². The number of nitrogens with zero attached hydrogens (tertiary/aromatic N) is 2. The number of hydrogen-bond acceptors (Lipinski definition) is 24. The van der Waals surface area contributed by atoms with Gasteiger partial charge < -0.3 is 66.7 Å². The monoisotopic (exact) mass is 972 g/mol. The van der Waals surface area contributed by atoms with Crippen molar-refractivity contribution < 1.29 is 100 Å². The summed E-state index contributed by atoms with van der Waals surface area (Å²) in [5.74, 6) is -7.97. The molecule has 0 atom stereocenters. The molecule has 0 fully saturated rings. The van der Waals surface area contributed by atoms with Crippen molar-refractivity contribution in [3.05, 3.63) is 69.4 Å². The topological polar surface area (TPSA) is 303 Å². The fraction of sp³-hybridized carbons (Fsp3) is 0.349. The van der Waals surface area contributed by atoms with E-state index in [1.807, 2.05) is 0 Å². The molecule has 2 heterocycles. The molecule has 0 aliphatic rings. The van der Waals surface area contributed by atoms with Crippen molar-refractivity contribution in [1.29, 1.82) is 0 Å². The molecule has 1 N–H and O–H groups in total. The van der Waals surface area contributed by atoms with Gasteiger partial charge in [0, 0.05) is 44.0 Å². The van der Waals surface area contributed by atoms with Gasteiger partial charge in [0.05, 0.1) is 16.9 Å². The minimum atomic E-state index is -1.21. The molecule has 4 rings (SSSR count). The van der Waals surface area contributed by atoms with Crippen LogP contribution < -0.4 is 24.9 Å². The Balaban J connectivity index is 1.71. The molecule has 0 bridgehead atoms. The molecule has 2 aromatic heterocycles. The number of fused-ring (bicyclic) bond motifs is 1. The number of carboxylic acid groups (broad SMARTS) is 1. The molecular formula is C43H44N2O22S. The Kier molecular flexibility index (Phi) is 19.6. The van der Waals surface area contributed by atoms with E-state index in [-0.39, 0.29) is 62.4 Å². The third kappa shape index (κ3) is 17.0. The van der Waals surface area contributed by atoms with Gasteiger partial charge in [0.1, 0.15) is 61.4 Å². The minimum absolute atomic E-state index is 0.000890. The average molecular weight is 973 g/mol. The van der Waals surface area contributed by atoms with Crippen molar-refractivity contribution in [3.8, 4) is 21.9 Å². The van der Waals surface area contributed by atoms with Gasteiger partial charge in [0.15, 0.2) is 0 Å². The van der Waals surface area contributed by atoms with Crippen molar-refractivity contribution in [3.63, 3.8) is 0 Å². The normalized spacial score (nSPS) is 10.5. The second kappa shape index (κ2) is 25.5. The van der Waals surface area contributed by atoms with Crippen LogP contribution in [0.1, 0.15) is 42.9 Å². The lowest BCUT2D eigenvalue weighted by Crippen LogP contribution is -2.37. The molecule has 0 aliphatic carbocycles. The number of carboxylic acids is 1. The fourth-order valence-corrected chi connectivity index (χ4v) is 6.39. The number of rotatable bonds is 25. The molecule has 25 heteroatoms. The summed E-state index contributed by atoms with van der Waals surface area (Å²) in [5, 5.41) is 9.70. The highest BCUT2D eigenvalue weighted by atomic mass is 32.1. The number of esters is 8. The number of hydrogen-bond donors (Lipinski definition) is 1. The van der Waals surface area contributed by atoms with Gasteiger partial charge in [-0.3, -0.25) is 38.4 Å². The van der Waals surface area contributed by atoms with Crippen LogP contribution in [0.2, 0.25) is 0 Å². The van der Waals surface area contributed by atoms with Crippen LogP contribution in [0.25, 0.3) is 21.4 Å². The van der Waals surface area contributed by atoms with Crippen LogP contribution in [0.5, 0.6) is 11.5 Å². The molecular weight excluding hydrogens is 929 g/mol. The summed E-state index contributed by atoms with van der Waals surface area (Å²) in [4.78, 5) is 124. The average Bonchev–Trinajstić information content (AvgIpc) is 3.75. The maximum Gasteiger partial charge on any atom is 0.345 e. The highest BCUT2D eigenvalue weighted by molar-refractivity contribution is 7.17. The third-order valence-corrected chi connectivity index (χ3v) is 9.61. The highest BCUT2D eigenvalue weighted by Gasteiger charge is 2.25. The predicted molar refractivity (Wildman–Crippen MR) is 230 cm³/mol. The smallest absolute Gasteiger partial charge is 0.345 e. The number of ether oxygens (including phenoxy) is 10. The quantitative estimate of drug-likeness (QED) is 0.0328. The zero-order valence-corrected chi connectivity index (χ0v) is 37.8. The maximum absolute atomic E-state index is 13.3. The van der Waals surface area contributed by atoms with E-state index in [9.17, 15) is 53.1 Å². The Hall–Kier alpha value is -8.22. The number of aromatic carboxylic acids is 1. The third-order valence-electron chi connectivity index (χ3n) is 8.50. The molecule has 0 saturated heterocycles. The Bertz CT molecular complexity index is 2520. The highest BCUT2D eigenvalue weighted by Crippen LogP contribution is 2.36. The SMILES string of the molecule is CC(=O)OCOC(=O)CN(CC(=O)OCOC(C)=O)c1ccc(C)cc1OCCOc1cc2cc(-c3ccc(C(=O)O)s3)c(=O)oc2cc1N(CC(=O)OCOC(C)=O)CC(=O)OCOC(C)=O. The first-order valence-electron chi connectivity index (χ1n) is 19.8. The molecule has 0 unspecified atom stereocenters. The first kappa shape index (κ1) is 52.4. The minimum Gasteiger partial charge on any atom is -0.488 e. The van der Waals surface area contributed by atoms with Crippen LogP contribution in [-0.2, 0) is 76.3 Å². The van der Waals surface area contributed by atoms with E-state index in [1.54, 1.807) is 19.1 Å². The summed E-state index contributed by atoms with van der Waals surface area (Å²) in [6, 6.07) is 11.6. The second-order valence-corrected chi connectivity index (χ2v) is 14.8. The van der Waals surface area contributed by atoms with Crippen LogP contribution in [-0.4, -0.2) is 125 Å². The van der Waals surface area contributed by atoms with Crippen LogP contribution in [0, 0.1) is 6.92 Å². The van der Waals surface area contributed by atoms with E-state index in [2.05, 4.69) is 18.9 Å². The van der Waals surface area contributed by atoms with Gasteiger partial charge in [0.2, 0.25) is 27.2 Å². The summed E-state index contributed by atoms with van der Waals surface area (Å²) in [7, 11) is 0. The lowest BCUT2D eigenvalue weighted by atomic mass is 10.1. The van der Waals surface area contributed by atoms with Gasteiger partial charge in [0.25, 0.3) is 0 Å². The molecule has 0 aliphatic heterocycles. The van der Waals surface area contributed by atoms with Crippen LogP contribution >= 0.6 is 11.3 Å². The number of carbonyl (C=O) groups is 9. The van der Waals surface area contributed by atoms with Crippen LogP contribution in [0.15, 0.2) is 57.7 Å². The lowest BCUT2D eigenvalue weighted by molar-refractivity contribution is -0.167. The van der Waals surface area contributed by atoms with Crippen molar-refractivity contribution in [2.24, 2.45) is 0 Å². The summed E-state index contributed by atoms with van der Waals surface area (Å²) < 4.78 is 56.6. The van der Waals surface area contributed by atoms with E-state index in [4.69, 9.17) is 32.8 Å². The zero-order chi connectivity index (χ0) is 49.9. The van der Waals surface area contributed by atoms with Crippen LogP contribution in [0.3, 0.4) is 0 Å². The second-order valence-electron chi connectivity index (χ2n) is 13.7. The van der Waals surface area contributed by atoms with Gasteiger partial charge in [-0.15, -0.1) is 11.3 Å². The summed E-state index contributed by atoms with van der Waals surface area (Å²) >= 11 is 0.821. The Morgan fingerprint density at radius 3 is 1.43 bits per heavy atom. The van der Waals surface area contributed by atoms with E-state index >= 15 is 0 Å². The Morgan fingerprint density at radius 1 is 0.559 bits per heavy atom. The Morgan fingerprint density at radius 2 is 1.00 bits per heavy atom. The number of benzene rings is 2. The lowest BCUT2D eigenvalue weighted by Gasteiger charge is -2.26. The zero-order valence-electron chi connectivity index (χ0n) is 37.0. The summed E-state index contributed by atoms with van der Waals surface area (Å²) in [6.07, 6.45) is 0. The molecule has 0 saturated carbocycles. The first-order chi connectivity index (χ1) is 32.3. The van der Waals surface area contributed by atoms with Gasteiger partial charge >= 0.3 is 59.3 Å². The number of thiophene rings is 1. The van der Waals surface area contributed by atoms with Gasteiger partial charge in [-0.05, 0) is 48.9 Å².